The van der Waals surface area contributed by atoms with Crippen LogP contribution in [-0.4, -0.2) is 85.7 Å². The van der Waals surface area contributed by atoms with Crippen LogP contribution >= 0.6 is 8.53 Å². The fraction of sp³-hybridized carbons (Fsp3) is 0.425. The third kappa shape index (κ3) is 8.94. The third-order valence-electron chi connectivity index (χ3n) is 9.18. The smallest absolute Gasteiger partial charge is 0.330 e. The van der Waals surface area contributed by atoms with Gasteiger partial charge in [-0.2, -0.15) is 0 Å². The molecule has 3 aromatic carbocycles. The first-order chi connectivity index (χ1) is 26.1. The van der Waals surface area contributed by atoms with Crippen molar-refractivity contribution in [2.45, 2.75) is 69.9 Å². The molecule has 5 atom stereocenters. The molecule has 0 spiro atoms. The van der Waals surface area contributed by atoms with E-state index in [0.717, 1.165) is 16.7 Å². The molecule has 1 N–H and O–H groups in total. The second-order valence-corrected chi connectivity index (χ2v) is 14.6. The number of hydrogen-bond acceptors (Lipinski definition) is 10. The van der Waals surface area contributed by atoms with Crippen LogP contribution in [-0.2, 0) is 28.9 Å². The van der Waals surface area contributed by atoms with E-state index < -0.39 is 49.9 Å². The van der Waals surface area contributed by atoms with Gasteiger partial charge in [0.15, 0.2) is 6.23 Å². The van der Waals surface area contributed by atoms with Gasteiger partial charge in [-0.3, -0.25) is 14.3 Å². The fourth-order valence-electron chi connectivity index (χ4n) is 6.75. The molecule has 0 aliphatic carbocycles. The van der Waals surface area contributed by atoms with Crippen LogP contribution in [0.15, 0.2) is 101 Å². The summed E-state index contributed by atoms with van der Waals surface area (Å²) in [6.45, 7) is 15.8. The maximum absolute atomic E-state index is 13.2. The van der Waals surface area contributed by atoms with Crippen LogP contribution < -0.4 is 20.7 Å². The number of benzene rings is 3. The molecule has 54 heavy (non-hydrogen) atoms. The molecule has 1 aliphatic heterocycles. The molecular weight excluding hydrogens is 711 g/mol. The third-order valence-corrected chi connectivity index (χ3v) is 11.3. The number of aromatic amines is 1. The van der Waals surface area contributed by atoms with Crippen LogP contribution in [0.2, 0.25) is 0 Å². The van der Waals surface area contributed by atoms with Crippen LogP contribution in [0.25, 0.3) is 4.85 Å². The quantitative estimate of drug-likeness (QED) is 0.0547. The van der Waals surface area contributed by atoms with Gasteiger partial charge in [0.25, 0.3) is 14.1 Å². The van der Waals surface area contributed by atoms with Crippen molar-refractivity contribution in [3.05, 3.63) is 140 Å². The van der Waals surface area contributed by atoms with Gasteiger partial charge in [-0.05, 0) is 68.7 Å². The average molecular weight is 761 g/mol. The number of methoxy groups -OCH3 is 3. The predicted octanol–water partition coefficient (Wildman–Crippen LogP) is 6.14. The van der Waals surface area contributed by atoms with E-state index >= 15 is 0 Å². The summed E-state index contributed by atoms with van der Waals surface area (Å²) in [4.78, 5) is 31.0. The summed E-state index contributed by atoms with van der Waals surface area (Å²) in [6, 6.07) is 26.6. The Kier molecular flexibility index (Phi) is 14.2. The maximum Gasteiger partial charge on any atom is 0.330 e. The zero-order chi connectivity index (χ0) is 38.8. The lowest BCUT2D eigenvalue weighted by Crippen LogP contribution is -2.43. The van der Waals surface area contributed by atoms with E-state index in [-0.39, 0.29) is 31.8 Å². The van der Waals surface area contributed by atoms with Gasteiger partial charge in [0.05, 0.1) is 20.8 Å². The lowest BCUT2D eigenvalue weighted by molar-refractivity contribution is -0.0957. The standard InChI is InChI=1S/C40H49N4O9P/c1-27(2)44(28(3)4)54(51-25-23-41-5)53-36-34(52-38(37(36)49-8)43-24-22-35(45)42-39(43)46)26-50-40(29-12-10-9-11-13-29,30-14-18-32(47-6)19-15-30)31-16-20-33(48-7)21-17-31/h9-22,24,27-28,34,36-38H,23,25-26H2,1-4,6-8H3,(H,42,45,46)/t34-,36+,37?,38-,54?/m1/s1. The van der Waals surface area contributed by atoms with E-state index in [9.17, 15) is 9.59 Å². The molecule has 1 saturated heterocycles. The van der Waals surface area contributed by atoms with Crippen LogP contribution in [0.5, 0.6) is 11.5 Å². The van der Waals surface area contributed by atoms with Crippen molar-refractivity contribution in [3.8, 4) is 11.5 Å². The van der Waals surface area contributed by atoms with E-state index in [1.165, 1.54) is 23.9 Å². The lowest BCUT2D eigenvalue weighted by atomic mass is 9.80. The molecule has 0 radical (unpaired) electrons. The van der Waals surface area contributed by atoms with Gasteiger partial charge >= 0.3 is 5.69 Å². The van der Waals surface area contributed by atoms with E-state index in [1.54, 1.807) is 14.2 Å². The predicted molar refractivity (Wildman–Crippen MR) is 206 cm³/mol. The number of nitrogens with zero attached hydrogens (tertiary/aromatic N) is 3. The Morgan fingerprint density at radius 2 is 1.43 bits per heavy atom. The van der Waals surface area contributed by atoms with Crippen LogP contribution in [0.3, 0.4) is 0 Å². The highest BCUT2D eigenvalue weighted by molar-refractivity contribution is 7.44. The number of rotatable bonds is 18. The molecule has 0 bridgehead atoms. The highest BCUT2D eigenvalue weighted by Gasteiger charge is 2.51. The molecule has 1 aliphatic rings. The minimum atomic E-state index is -1.77. The maximum atomic E-state index is 13.2. The summed E-state index contributed by atoms with van der Waals surface area (Å²) in [5.74, 6) is 1.37. The van der Waals surface area contributed by atoms with Crippen LogP contribution in [0.1, 0.15) is 50.6 Å². The van der Waals surface area contributed by atoms with Gasteiger partial charge in [0, 0.05) is 31.5 Å². The summed E-state index contributed by atoms with van der Waals surface area (Å²) < 4.78 is 47.7. The van der Waals surface area contributed by atoms with Crippen molar-refractivity contribution >= 4 is 8.53 Å². The van der Waals surface area contributed by atoms with Crippen molar-refractivity contribution < 1.29 is 32.7 Å². The van der Waals surface area contributed by atoms with Gasteiger partial charge < -0.3 is 37.6 Å². The zero-order valence-electron chi connectivity index (χ0n) is 31.7. The first-order valence-corrected chi connectivity index (χ1v) is 18.9. The molecule has 288 valence electrons. The number of ether oxygens (including phenoxy) is 5. The second-order valence-electron chi connectivity index (χ2n) is 13.2. The molecule has 2 heterocycles. The minimum Gasteiger partial charge on any atom is -0.497 e. The van der Waals surface area contributed by atoms with Gasteiger partial charge in [-0.15, -0.1) is 0 Å². The molecule has 1 fully saturated rings. The lowest BCUT2D eigenvalue weighted by Gasteiger charge is -2.39. The van der Waals surface area contributed by atoms with Crippen molar-refractivity contribution in [2.24, 2.45) is 0 Å². The van der Waals surface area contributed by atoms with Gasteiger partial charge in [-0.25, -0.2) is 16.0 Å². The van der Waals surface area contributed by atoms with E-state index in [4.69, 9.17) is 39.3 Å². The van der Waals surface area contributed by atoms with Gasteiger partial charge in [0.2, 0.25) is 6.54 Å². The van der Waals surface area contributed by atoms with E-state index in [0.29, 0.717) is 11.5 Å². The SMILES string of the molecule is [C-]#[N+]CCOP(O[C@@H]1C(OC)[C@H](n2ccc(=O)[nH]c2=O)O[C@@H]1COC(c1ccccc1)(c1ccc(OC)cc1)c1ccc(OC)cc1)N(C(C)C)C(C)C. The largest absolute Gasteiger partial charge is 0.497 e. The first-order valence-electron chi connectivity index (χ1n) is 17.8. The van der Waals surface area contributed by atoms with Crippen molar-refractivity contribution in [1.29, 1.82) is 0 Å². The molecule has 4 aromatic rings. The summed E-state index contributed by atoms with van der Waals surface area (Å²) in [7, 11) is 2.99. The van der Waals surface area contributed by atoms with Crippen LogP contribution in [0, 0.1) is 6.57 Å². The molecule has 0 saturated carbocycles. The van der Waals surface area contributed by atoms with Crippen molar-refractivity contribution in [2.75, 3.05) is 41.1 Å². The zero-order valence-corrected chi connectivity index (χ0v) is 32.6. The Morgan fingerprint density at radius 3 is 1.93 bits per heavy atom. The monoisotopic (exact) mass is 760 g/mol. The van der Waals surface area contributed by atoms with E-state index in [1.807, 2.05) is 78.9 Å². The topological polar surface area (TPSA) is 127 Å². The molecule has 1 aromatic heterocycles. The van der Waals surface area contributed by atoms with Gasteiger partial charge in [-0.1, -0.05) is 54.6 Å². The molecule has 0 amide bonds. The Morgan fingerprint density at radius 1 is 0.852 bits per heavy atom. The molecular formula is C40H49N4O9P. The number of nitrogens with one attached hydrogen (secondary N) is 1. The summed E-state index contributed by atoms with van der Waals surface area (Å²) in [6.07, 6.45) is -2.12. The fourth-order valence-corrected chi connectivity index (χ4v) is 8.51. The van der Waals surface area contributed by atoms with Gasteiger partial charge in [0.1, 0.15) is 42.0 Å². The number of aromatic nitrogens is 2. The van der Waals surface area contributed by atoms with E-state index in [2.05, 4.69) is 42.2 Å². The Bertz CT molecular complexity index is 1870. The summed E-state index contributed by atoms with van der Waals surface area (Å²) in [5.41, 5.74) is 0.116. The Balaban J connectivity index is 1.64. The van der Waals surface area contributed by atoms with Crippen molar-refractivity contribution in [1.82, 2.24) is 14.2 Å². The average Bonchev–Trinajstić information content (AvgIpc) is 3.51. The summed E-state index contributed by atoms with van der Waals surface area (Å²) in [5, 5.41) is 0. The summed E-state index contributed by atoms with van der Waals surface area (Å²) >= 11 is 0. The Labute approximate surface area is 317 Å². The molecule has 14 heteroatoms. The molecule has 2 unspecified atom stereocenters. The Hall–Kier alpha value is -4.38. The van der Waals surface area contributed by atoms with Crippen molar-refractivity contribution in [3.63, 3.8) is 0 Å². The van der Waals surface area contributed by atoms with Crippen LogP contribution in [0.4, 0.5) is 0 Å². The molecule has 5 rings (SSSR count). The highest BCUT2D eigenvalue weighted by Crippen LogP contribution is 2.51. The molecule has 13 nitrogen and oxygen atoms in total. The number of H-pyrrole nitrogens is 1. The minimum absolute atomic E-state index is 0.0237. The number of hydrogen-bond donors (Lipinski definition) is 1. The highest BCUT2D eigenvalue weighted by atomic mass is 31.2. The first kappa shape index (κ1) is 40.8. The second kappa shape index (κ2) is 18.8. The normalized spacial score (nSPS) is 19.3.